The zero-order chi connectivity index (χ0) is 13.1. The van der Waals surface area contributed by atoms with Gasteiger partial charge in [-0.25, -0.2) is 4.68 Å². The molecule has 0 saturated heterocycles. The van der Waals surface area contributed by atoms with Crippen molar-refractivity contribution < 1.29 is 4.42 Å². The molecular formula is C14H16N4O. The molecule has 2 heterocycles. The maximum absolute atomic E-state index is 5.56. The number of nitrogens with zero attached hydrogens (tertiary/aromatic N) is 3. The molecule has 3 aromatic rings. The van der Waals surface area contributed by atoms with Gasteiger partial charge in [0.2, 0.25) is 0 Å². The molecule has 0 fully saturated rings. The second-order valence-corrected chi connectivity index (χ2v) is 4.44. The Morgan fingerprint density at radius 3 is 3.11 bits per heavy atom. The van der Waals surface area contributed by atoms with Crippen LogP contribution in [0.2, 0.25) is 0 Å². The van der Waals surface area contributed by atoms with Crippen LogP contribution in [0.25, 0.3) is 11.0 Å². The number of hydrogen-bond acceptors (Lipinski definition) is 4. The van der Waals surface area contributed by atoms with E-state index < -0.39 is 0 Å². The molecule has 3 rings (SSSR count). The first-order chi connectivity index (χ1) is 9.36. The van der Waals surface area contributed by atoms with Crippen molar-refractivity contribution >= 4 is 11.0 Å². The van der Waals surface area contributed by atoms with Crippen LogP contribution in [0.1, 0.15) is 18.2 Å². The van der Waals surface area contributed by atoms with Crippen molar-refractivity contribution in [1.29, 1.82) is 0 Å². The summed E-state index contributed by atoms with van der Waals surface area (Å²) in [5, 5.41) is 11.6. The second kappa shape index (κ2) is 5.24. The van der Waals surface area contributed by atoms with Crippen LogP contribution in [0.5, 0.6) is 0 Å². The number of hydrogen-bond donors (Lipinski definition) is 1. The fraction of sp³-hybridized carbons (Fsp3) is 0.286. The standard InChI is InChI=1S/C14H16N4O/c1-2-15-8-11-7-12(19-10-11)9-18-14-6-4-3-5-13(14)16-17-18/h3-7,10,15H,2,8-9H2,1H3. The molecule has 0 bridgehead atoms. The molecule has 5 nitrogen and oxygen atoms in total. The summed E-state index contributed by atoms with van der Waals surface area (Å²) >= 11 is 0. The van der Waals surface area contributed by atoms with E-state index >= 15 is 0 Å². The van der Waals surface area contributed by atoms with Crippen molar-refractivity contribution in [2.45, 2.75) is 20.0 Å². The number of para-hydroxylation sites is 1. The van der Waals surface area contributed by atoms with Gasteiger partial charge in [-0.1, -0.05) is 24.3 Å². The van der Waals surface area contributed by atoms with E-state index in [0.29, 0.717) is 6.54 Å². The molecule has 5 heteroatoms. The van der Waals surface area contributed by atoms with E-state index in [1.165, 1.54) is 0 Å². The first-order valence-corrected chi connectivity index (χ1v) is 6.42. The second-order valence-electron chi connectivity index (χ2n) is 4.44. The van der Waals surface area contributed by atoms with Gasteiger partial charge in [-0.3, -0.25) is 0 Å². The molecule has 19 heavy (non-hydrogen) atoms. The predicted molar refractivity (Wildman–Crippen MR) is 72.7 cm³/mol. The third-order valence-electron chi connectivity index (χ3n) is 3.01. The molecule has 1 N–H and O–H groups in total. The van der Waals surface area contributed by atoms with Gasteiger partial charge in [-0.15, -0.1) is 5.10 Å². The number of rotatable bonds is 5. The molecule has 0 aliphatic heterocycles. The summed E-state index contributed by atoms with van der Waals surface area (Å²) in [6.45, 7) is 4.47. The third kappa shape index (κ3) is 2.51. The number of benzene rings is 1. The van der Waals surface area contributed by atoms with E-state index in [2.05, 4.69) is 28.6 Å². The monoisotopic (exact) mass is 256 g/mol. The highest BCUT2D eigenvalue weighted by Crippen LogP contribution is 2.14. The lowest BCUT2D eigenvalue weighted by molar-refractivity contribution is 0.478. The predicted octanol–water partition coefficient (Wildman–Crippen LogP) is 2.18. The zero-order valence-electron chi connectivity index (χ0n) is 10.8. The minimum Gasteiger partial charge on any atom is -0.467 e. The highest BCUT2D eigenvalue weighted by molar-refractivity contribution is 5.73. The Morgan fingerprint density at radius 1 is 1.32 bits per heavy atom. The molecule has 0 atom stereocenters. The Hall–Kier alpha value is -2.14. The molecule has 98 valence electrons. The van der Waals surface area contributed by atoms with Crippen molar-refractivity contribution in [1.82, 2.24) is 20.3 Å². The number of aromatic nitrogens is 3. The van der Waals surface area contributed by atoms with Crippen molar-refractivity contribution in [2.75, 3.05) is 6.54 Å². The maximum atomic E-state index is 5.56. The van der Waals surface area contributed by atoms with Gasteiger partial charge in [0, 0.05) is 12.1 Å². The number of furan rings is 1. The van der Waals surface area contributed by atoms with Crippen molar-refractivity contribution in [2.24, 2.45) is 0 Å². The maximum Gasteiger partial charge on any atom is 0.125 e. The minimum absolute atomic E-state index is 0.604. The van der Waals surface area contributed by atoms with Crippen LogP contribution in [-0.4, -0.2) is 21.5 Å². The molecular weight excluding hydrogens is 240 g/mol. The van der Waals surface area contributed by atoms with Crippen LogP contribution in [0.4, 0.5) is 0 Å². The topological polar surface area (TPSA) is 55.9 Å². The Kier molecular flexibility index (Phi) is 3.29. The van der Waals surface area contributed by atoms with Gasteiger partial charge < -0.3 is 9.73 Å². The van der Waals surface area contributed by atoms with Gasteiger partial charge in [-0.2, -0.15) is 0 Å². The molecule has 0 unspecified atom stereocenters. The van der Waals surface area contributed by atoms with E-state index in [9.17, 15) is 0 Å². The van der Waals surface area contributed by atoms with Crippen molar-refractivity contribution in [3.05, 3.63) is 47.9 Å². The lowest BCUT2D eigenvalue weighted by Gasteiger charge is -1.98. The summed E-state index contributed by atoms with van der Waals surface area (Å²) in [4.78, 5) is 0. The van der Waals surface area contributed by atoms with Gasteiger partial charge >= 0.3 is 0 Å². The zero-order valence-corrected chi connectivity index (χ0v) is 10.8. The van der Waals surface area contributed by atoms with Crippen molar-refractivity contribution in [3.8, 4) is 0 Å². The quantitative estimate of drug-likeness (QED) is 0.760. The van der Waals surface area contributed by atoms with E-state index in [-0.39, 0.29) is 0 Å². The fourth-order valence-electron chi connectivity index (χ4n) is 2.05. The van der Waals surface area contributed by atoms with Crippen LogP contribution < -0.4 is 5.32 Å². The summed E-state index contributed by atoms with van der Waals surface area (Å²) in [7, 11) is 0. The molecule has 1 aromatic carbocycles. The van der Waals surface area contributed by atoms with Crippen molar-refractivity contribution in [3.63, 3.8) is 0 Å². The molecule has 0 aliphatic rings. The Morgan fingerprint density at radius 2 is 2.21 bits per heavy atom. The summed E-state index contributed by atoms with van der Waals surface area (Å²) < 4.78 is 7.41. The average Bonchev–Trinajstić information content (AvgIpc) is 3.05. The average molecular weight is 256 g/mol. The molecule has 0 amide bonds. The third-order valence-corrected chi connectivity index (χ3v) is 3.01. The Balaban J connectivity index is 1.79. The van der Waals surface area contributed by atoms with Crippen LogP contribution >= 0.6 is 0 Å². The summed E-state index contributed by atoms with van der Waals surface area (Å²) in [6.07, 6.45) is 1.79. The molecule has 0 aliphatic carbocycles. The first-order valence-electron chi connectivity index (χ1n) is 6.42. The lowest BCUT2D eigenvalue weighted by Crippen LogP contribution is -2.10. The van der Waals surface area contributed by atoms with Crippen LogP contribution in [0, 0.1) is 0 Å². The van der Waals surface area contributed by atoms with E-state index in [1.54, 1.807) is 6.26 Å². The van der Waals surface area contributed by atoms with Gasteiger partial charge in [0.15, 0.2) is 0 Å². The van der Waals surface area contributed by atoms with Crippen LogP contribution in [0.3, 0.4) is 0 Å². The molecule has 0 radical (unpaired) electrons. The van der Waals surface area contributed by atoms with Crippen LogP contribution in [-0.2, 0) is 13.1 Å². The normalized spacial score (nSPS) is 11.2. The van der Waals surface area contributed by atoms with Gasteiger partial charge in [0.25, 0.3) is 0 Å². The summed E-state index contributed by atoms with van der Waals surface area (Å²) in [5.41, 5.74) is 3.08. The van der Waals surface area contributed by atoms with Gasteiger partial charge in [0.1, 0.15) is 17.8 Å². The van der Waals surface area contributed by atoms with Crippen LogP contribution in [0.15, 0.2) is 41.0 Å². The number of nitrogens with one attached hydrogen (secondary N) is 1. The lowest BCUT2D eigenvalue weighted by atomic mass is 10.3. The van der Waals surface area contributed by atoms with E-state index in [1.807, 2.05) is 28.9 Å². The molecule has 0 spiro atoms. The smallest absolute Gasteiger partial charge is 0.125 e. The Bertz CT molecular complexity index is 671. The van der Waals surface area contributed by atoms with Gasteiger partial charge in [-0.05, 0) is 24.7 Å². The minimum atomic E-state index is 0.604. The van der Waals surface area contributed by atoms with E-state index in [4.69, 9.17) is 4.42 Å². The summed E-state index contributed by atoms with van der Waals surface area (Å²) in [6, 6.07) is 9.97. The molecule has 2 aromatic heterocycles. The van der Waals surface area contributed by atoms with Gasteiger partial charge in [0.05, 0.1) is 11.8 Å². The number of fused-ring (bicyclic) bond motifs is 1. The first kappa shape index (κ1) is 11.9. The SMILES string of the molecule is CCNCc1coc(Cn2nnc3ccccc32)c1. The highest BCUT2D eigenvalue weighted by Gasteiger charge is 2.07. The highest BCUT2D eigenvalue weighted by atomic mass is 16.3. The molecule has 0 saturated carbocycles. The summed E-state index contributed by atoms with van der Waals surface area (Å²) in [5.74, 6) is 0.892. The Labute approximate surface area is 111 Å². The fourth-order valence-corrected chi connectivity index (χ4v) is 2.05. The largest absolute Gasteiger partial charge is 0.467 e. The van der Waals surface area contributed by atoms with E-state index in [0.717, 1.165) is 35.4 Å².